The molecule has 0 unspecified atom stereocenters. The van der Waals surface area contributed by atoms with Crippen LogP contribution in [0.1, 0.15) is 136 Å². The summed E-state index contributed by atoms with van der Waals surface area (Å²) in [5.74, 6) is 1.68. The van der Waals surface area contributed by atoms with E-state index in [1.54, 1.807) is 0 Å². The van der Waals surface area contributed by atoms with Crippen molar-refractivity contribution < 1.29 is 31.5 Å². The van der Waals surface area contributed by atoms with Gasteiger partial charge < -0.3 is 0 Å². The van der Waals surface area contributed by atoms with Crippen LogP contribution in [0.5, 0.6) is 0 Å². The molecule has 0 rings (SSSR count). The molecule has 0 amide bonds. The third-order valence-corrected chi connectivity index (χ3v) is 9.88. The lowest BCUT2D eigenvalue weighted by molar-refractivity contribution is 0.0394. The van der Waals surface area contributed by atoms with Crippen LogP contribution in [0, 0.1) is 45.3 Å². The molecule has 0 aromatic heterocycles. The fourth-order valence-electron chi connectivity index (χ4n) is 5.96. The molecule has 0 saturated carbocycles. The first-order chi connectivity index (χ1) is 18.2. The summed E-state index contributed by atoms with van der Waals surface area (Å²) in [5, 5.41) is 0. The molecule has 9 heteroatoms. The van der Waals surface area contributed by atoms with Crippen LogP contribution in [0.4, 0.5) is 0 Å². The first-order valence-electron chi connectivity index (χ1n) is 15.7. The van der Waals surface area contributed by atoms with Gasteiger partial charge in [-0.2, -0.15) is 4.31 Å². The number of phosphoric ester groups is 2. The summed E-state index contributed by atoms with van der Waals surface area (Å²) in [6, 6.07) is 0. The van der Waals surface area contributed by atoms with Gasteiger partial charge in [0.2, 0.25) is 0 Å². The Kier molecular flexibility index (Phi) is 16.6. The van der Waals surface area contributed by atoms with E-state index in [-0.39, 0.29) is 48.1 Å². The summed E-state index contributed by atoms with van der Waals surface area (Å²) in [6.07, 6.45) is 3.40. The van der Waals surface area contributed by atoms with Gasteiger partial charge in [-0.1, -0.05) is 111 Å². The number of hydrogen-bond donors (Lipinski definition) is 0. The molecule has 248 valence electrons. The van der Waals surface area contributed by atoms with Crippen LogP contribution in [0.2, 0.25) is 0 Å². The first-order valence-corrected chi connectivity index (χ1v) is 18.6. The van der Waals surface area contributed by atoms with Crippen molar-refractivity contribution in [3.63, 3.8) is 0 Å². The van der Waals surface area contributed by atoms with Crippen molar-refractivity contribution in [1.82, 2.24) is 0 Å². The van der Waals surface area contributed by atoms with Gasteiger partial charge in [0.25, 0.3) is 0 Å². The third-order valence-electron chi connectivity index (χ3n) is 6.50. The third kappa shape index (κ3) is 20.0. The van der Waals surface area contributed by atoms with E-state index in [1.165, 1.54) is 0 Å². The van der Waals surface area contributed by atoms with Gasteiger partial charge >= 0.3 is 15.6 Å². The highest BCUT2D eigenvalue weighted by Crippen LogP contribution is 2.67. The van der Waals surface area contributed by atoms with Crippen molar-refractivity contribution in [3.05, 3.63) is 0 Å². The van der Waals surface area contributed by atoms with Crippen molar-refractivity contribution in [2.24, 2.45) is 45.3 Å². The Morgan fingerprint density at radius 2 is 0.585 bits per heavy atom. The zero-order valence-corrected chi connectivity index (χ0v) is 31.5. The first kappa shape index (κ1) is 41.3. The molecular formula is C32H68O7P2. The highest BCUT2D eigenvalue weighted by Gasteiger charge is 2.45. The van der Waals surface area contributed by atoms with E-state index < -0.39 is 15.6 Å². The van der Waals surface area contributed by atoms with Crippen LogP contribution in [-0.4, -0.2) is 26.4 Å². The van der Waals surface area contributed by atoms with Crippen LogP contribution in [0.3, 0.4) is 0 Å². The average molecular weight is 627 g/mol. The quantitative estimate of drug-likeness (QED) is 0.111. The van der Waals surface area contributed by atoms with Crippen molar-refractivity contribution in [3.8, 4) is 0 Å². The smallest absolute Gasteiger partial charge is 0.286 e. The average Bonchev–Trinajstić information content (AvgIpc) is 2.71. The molecule has 0 atom stereocenters. The Morgan fingerprint density at radius 1 is 0.415 bits per heavy atom. The molecule has 0 aliphatic carbocycles. The highest BCUT2D eigenvalue weighted by molar-refractivity contribution is 7.62. The number of rotatable bonds is 22. The van der Waals surface area contributed by atoms with Gasteiger partial charge in [-0.05, 0) is 71.0 Å². The van der Waals surface area contributed by atoms with Gasteiger partial charge in [0.05, 0.1) is 26.4 Å². The van der Waals surface area contributed by atoms with Crippen molar-refractivity contribution in [2.45, 2.75) is 136 Å². The maximum atomic E-state index is 14.3. The normalized spacial score (nSPS) is 14.7. The SMILES string of the molecule is CC(C)CC(C)(C)COP(=O)(OCC(C)(C)CC(C)C)OP(=O)(OCC(C)(C)CC(C)C)OCC(C)(C)CC(C)C. The van der Waals surface area contributed by atoms with E-state index in [1.807, 2.05) is 0 Å². The molecule has 0 fully saturated rings. The second kappa shape index (κ2) is 16.5. The minimum absolute atomic E-state index is 0.116. The minimum Gasteiger partial charge on any atom is -0.286 e. The zero-order chi connectivity index (χ0) is 32.5. The Hall–Kier alpha value is 0.260. The molecule has 0 N–H and O–H groups in total. The fourth-order valence-corrected chi connectivity index (χ4v) is 9.88. The Balaban J connectivity index is 6.28. The summed E-state index contributed by atoms with van der Waals surface area (Å²) in [5.41, 5.74) is -1.19. The van der Waals surface area contributed by atoms with Crippen molar-refractivity contribution in [2.75, 3.05) is 26.4 Å². The Labute approximate surface area is 255 Å². The summed E-state index contributed by atoms with van der Waals surface area (Å²) < 4.78 is 58.3. The predicted octanol–water partition coefficient (Wildman–Crippen LogP) is 11.6. The van der Waals surface area contributed by atoms with Crippen LogP contribution in [-0.2, 0) is 31.5 Å². The van der Waals surface area contributed by atoms with Gasteiger partial charge in [0.1, 0.15) is 0 Å². The molecule has 0 heterocycles. The lowest BCUT2D eigenvalue weighted by atomic mass is 9.85. The topological polar surface area (TPSA) is 80.3 Å². The van der Waals surface area contributed by atoms with E-state index in [0.29, 0.717) is 23.7 Å². The lowest BCUT2D eigenvalue weighted by Gasteiger charge is -2.34. The number of phosphoric acid groups is 2. The molecule has 7 nitrogen and oxygen atoms in total. The molecular weight excluding hydrogens is 558 g/mol. The van der Waals surface area contributed by atoms with E-state index in [2.05, 4.69) is 111 Å². The van der Waals surface area contributed by atoms with Crippen molar-refractivity contribution >= 4 is 15.6 Å². The van der Waals surface area contributed by atoms with Gasteiger partial charge in [0.15, 0.2) is 0 Å². The van der Waals surface area contributed by atoms with Crippen LogP contribution in [0.25, 0.3) is 0 Å². The highest BCUT2D eigenvalue weighted by atomic mass is 31.3. The molecule has 0 aromatic rings. The molecule has 41 heavy (non-hydrogen) atoms. The van der Waals surface area contributed by atoms with Crippen LogP contribution in [0.15, 0.2) is 0 Å². The second-order valence-electron chi connectivity index (χ2n) is 17.1. The maximum Gasteiger partial charge on any atom is 0.483 e. The van der Waals surface area contributed by atoms with Crippen molar-refractivity contribution in [1.29, 1.82) is 0 Å². The molecule has 0 aromatic carbocycles. The monoisotopic (exact) mass is 626 g/mol. The Bertz CT molecular complexity index is 717. The van der Waals surface area contributed by atoms with E-state index in [0.717, 1.165) is 25.7 Å². The summed E-state index contributed by atoms with van der Waals surface area (Å²) >= 11 is 0. The largest absolute Gasteiger partial charge is 0.483 e. The molecule has 0 aliphatic heterocycles. The van der Waals surface area contributed by atoms with E-state index in [9.17, 15) is 9.13 Å². The Morgan fingerprint density at radius 3 is 0.732 bits per heavy atom. The standard InChI is InChI=1S/C32H68O7P2/c1-25(2)17-29(9,10)21-35-40(33,36-22-30(11,12)18-26(3)4)39-41(34,37-23-31(13,14)19-27(5)6)38-24-32(15,16)20-28(7)8/h25-28H,17-24H2,1-16H3. The van der Waals surface area contributed by atoms with E-state index in [4.69, 9.17) is 22.4 Å². The molecule has 0 saturated heterocycles. The number of hydrogen-bond acceptors (Lipinski definition) is 7. The summed E-state index contributed by atoms with van der Waals surface area (Å²) in [4.78, 5) is 0. The van der Waals surface area contributed by atoms with E-state index >= 15 is 0 Å². The van der Waals surface area contributed by atoms with Gasteiger partial charge in [-0.3, -0.25) is 18.1 Å². The lowest BCUT2D eigenvalue weighted by Crippen LogP contribution is -2.25. The molecule has 0 radical (unpaired) electrons. The molecule has 0 spiro atoms. The zero-order valence-electron chi connectivity index (χ0n) is 29.7. The maximum absolute atomic E-state index is 14.3. The molecule has 0 aliphatic rings. The summed E-state index contributed by atoms with van der Waals surface area (Å²) in [6.45, 7) is 34.0. The van der Waals surface area contributed by atoms with Crippen LogP contribution < -0.4 is 0 Å². The predicted molar refractivity (Wildman–Crippen MR) is 173 cm³/mol. The van der Waals surface area contributed by atoms with Gasteiger partial charge in [-0.15, -0.1) is 0 Å². The molecule has 0 bridgehead atoms. The second-order valence-corrected chi connectivity index (χ2v) is 20.6. The van der Waals surface area contributed by atoms with Gasteiger partial charge in [0, 0.05) is 0 Å². The fraction of sp³-hybridized carbons (Fsp3) is 1.00. The van der Waals surface area contributed by atoms with Crippen LogP contribution >= 0.6 is 15.6 Å². The minimum atomic E-state index is -4.35. The van der Waals surface area contributed by atoms with Gasteiger partial charge in [-0.25, -0.2) is 9.13 Å². The summed E-state index contributed by atoms with van der Waals surface area (Å²) in [7, 11) is -8.71.